The van der Waals surface area contributed by atoms with E-state index in [-0.39, 0.29) is 34.4 Å². The summed E-state index contributed by atoms with van der Waals surface area (Å²) in [6.07, 6.45) is -3.40. The second kappa shape index (κ2) is 10.6. The van der Waals surface area contributed by atoms with Gasteiger partial charge in [-0.1, -0.05) is 17.7 Å². The highest BCUT2D eigenvalue weighted by Gasteiger charge is 2.35. The van der Waals surface area contributed by atoms with Gasteiger partial charge in [0.05, 0.1) is 11.4 Å². The number of hydrogen-bond acceptors (Lipinski definition) is 5. The van der Waals surface area contributed by atoms with Crippen molar-refractivity contribution in [3.63, 3.8) is 0 Å². The SMILES string of the molecule is CNC(=O)c1cc(Oc2ccc(NC(=O)Nc3cc(C(F)(F)F)nn3-c3ccc(C)cc3)c(F)c2)ccn1. The minimum atomic E-state index is -4.75. The number of anilines is 2. The molecule has 0 fully saturated rings. The molecule has 3 amide bonds. The topological polar surface area (TPSA) is 110 Å². The zero-order chi connectivity index (χ0) is 27.4. The predicted molar refractivity (Wildman–Crippen MR) is 130 cm³/mol. The van der Waals surface area contributed by atoms with Crippen molar-refractivity contribution in [2.45, 2.75) is 13.1 Å². The molecule has 0 bridgehead atoms. The van der Waals surface area contributed by atoms with Gasteiger partial charge in [-0.3, -0.25) is 15.1 Å². The fourth-order valence-electron chi connectivity index (χ4n) is 3.29. The first-order valence-electron chi connectivity index (χ1n) is 11.0. The molecule has 0 unspecified atom stereocenters. The number of halogens is 4. The second-order valence-corrected chi connectivity index (χ2v) is 7.94. The molecule has 4 rings (SSSR count). The molecule has 0 saturated heterocycles. The monoisotopic (exact) mass is 528 g/mol. The van der Waals surface area contributed by atoms with E-state index in [2.05, 4.69) is 26.0 Å². The minimum absolute atomic E-state index is 0.0646. The number of pyridine rings is 1. The van der Waals surface area contributed by atoms with Gasteiger partial charge in [-0.15, -0.1) is 0 Å². The first-order valence-corrected chi connectivity index (χ1v) is 11.0. The molecule has 0 aliphatic heterocycles. The summed E-state index contributed by atoms with van der Waals surface area (Å²) in [5.41, 5.74) is -0.212. The van der Waals surface area contributed by atoms with Crippen LogP contribution in [0.1, 0.15) is 21.7 Å². The molecule has 0 aliphatic rings. The Morgan fingerprint density at radius 1 is 0.947 bits per heavy atom. The van der Waals surface area contributed by atoms with Crippen molar-refractivity contribution in [1.82, 2.24) is 20.1 Å². The molecular weight excluding hydrogens is 508 g/mol. The van der Waals surface area contributed by atoms with Gasteiger partial charge in [-0.05, 0) is 37.3 Å². The Morgan fingerprint density at radius 3 is 2.32 bits per heavy atom. The van der Waals surface area contributed by atoms with E-state index in [4.69, 9.17) is 4.74 Å². The molecule has 0 atom stereocenters. The van der Waals surface area contributed by atoms with Gasteiger partial charge in [-0.2, -0.15) is 18.3 Å². The summed E-state index contributed by atoms with van der Waals surface area (Å²) in [6.45, 7) is 1.81. The molecule has 38 heavy (non-hydrogen) atoms. The van der Waals surface area contributed by atoms with E-state index in [1.807, 2.05) is 6.92 Å². The van der Waals surface area contributed by atoms with Gasteiger partial charge < -0.3 is 15.4 Å². The highest BCUT2D eigenvalue weighted by atomic mass is 19.4. The number of aromatic nitrogens is 3. The number of urea groups is 1. The van der Waals surface area contributed by atoms with E-state index in [1.165, 1.54) is 37.5 Å². The average molecular weight is 528 g/mol. The number of nitrogens with one attached hydrogen (secondary N) is 3. The van der Waals surface area contributed by atoms with Gasteiger partial charge in [0.25, 0.3) is 5.91 Å². The summed E-state index contributed by atoms with van der Waals surface area (Å²) in [4.78, 5) is 28.2. The van der Waals surface area contributed by atoms with Crippen LogP contribution in [-0.4, -0.2) is 33.8 Å². The number of carbonyl (C=O) groups is 2. The maximum absolute atomic E-state index is 14.7. The molecule has 2 aromatic carbocycles. The lowest BCUT2D eigenvalue weighted by Crippen LogP contribution is -2.22. The van der Waals surface area contributed by atoms with Crippen LogP contribution in [0.2, 0.25) is 0 Å². The highest BCUT2D eigenvalue weighted by Crippen LogP contribution is 2.32. The number of rotatable bonds is 6. The summed E-state index contributed by atoms with van der Waals surface area (Å²) < 4.78 is 61.0. The van der Waals surface area contributed by atoms with Gasteiger partial charge in [-0.25, -0.2) is 13.9 Å². The molecule has 0 radical (unpaired) electrons. The molecule has 13 heteroatoms. The second-order valence-electron chi connectivity index (χ2n) is 7.94. The van der Waals surface area contributed by atoms with Gasteiger partial charge in [0.1, 0.15) is 28.8 Å². The quantitative estimate of drug-likeness (QED) is 0.285. The Bertz CT molecular complexity index is 1490. The van der Waals surface area contributed by atoms with Crippen molar-refractivity contribution >= 4 is 23.4 Å². The maximum atomic E-state index is 14.7. The van der Waals surface area contributed by atoms with E-state index in [1.54, 1.807) is 24.3 Å². The summed E-state index contributed by atoms with van der Waals surface area (Å²) >= 11 is 0. The Morgan fingerprint density at radius 2 is 1.66 bits per heavy atom. The first-order chi connectivity index (χ1) is 18.0. The number of ether oxygens (including phenoxy) is 1. The third kappa shape index (κ3) is 6.06. The van der Waals surface area contributed by atoms with Crippen LogP contribution < -0.4 is 20.7 Å². The summed E-state index contributed by atoms with van der Waals surface area (Å²) in [5.74, 6) is -1.29. The van der Waals surface area contributed by atoms with Gasteiger partial charge in [0.2, 0.25) is 0 Å². The molecular formula is C25H20F4N6O3. The van der Waals surface area contributed by atoms with Crippen LogP contribution in [0.3, 0.4) is 0 Å². The van der Waals surface area contributed by atoms with Crippen LogP contribution in [0.25, 0.3) is 5.69 Å². The highest BCUT2D eigenvalue weighted by molar-refractivity contribution is 5.99. The maximum Gasteiger partial charge on any atom is 0.435 e. The molecule has 4 aromatic rings. The Hall–Kier alpha value is -4.94. The molecule has 0 saturated carbocycles. The summed E-state index contributed by atoms with van der Waals surface area (Å²) in [5, 5.41) is 10.5. The molecule has 2 heterocycles. The van der Waals surface area contributed by atoms with Gasteiger partial charge in [0.15, 0.2) is 5.69 Å². The Labute approximate surface area is 213 Å². The number of carbonyl (C=O) groups excluding carboxylic acids is 2. The Kier molecular flexibility index (Phi) is 7.28. The third-order valence-corrected chi connectivity index (χ3v) is 5.14. The molecule has 0 aliphatic carbocycles. The number of aryl methyl sites for hydroxylation is 1. The van der Waals surface area contributed by atoms with Gasteiger partial charge >= 0.3 is 12.2 Å². The molecule has 9 nitrogen and oxygen atoms in total. The van der Waals surface area contributed by atoms with Crippen LogP contribution in [-0.2, 0) is 6.18 Å². The fraction of sp³-hybridized carbons (Fsp3) is 0.120. The number of nitrogens with zero attached hydrogens (tertiary/aromatic N) is 3. The minimum Gasteiger partial charge on any atom is -0.457 e. The zero-order valence-corrected chi connectivity index (χ0v) is 19.9. The van der Waals surface area contributed by atoms with Crippen molar-refractivity contribution in [2.75, 3.05) is 17.7 Å². The van der Waals surface area contributed by atoms with Crippen molar-refractivity contribution in [3.8, 4) is 17.2 Å². The van der Waals surface area contributed by atoms with Crippen LogP contribution in [0.4, 0.5) is 33.9 Å². The van der Waals surface area contributed by atoms with Crippen molar-refractivity contribution in [3.05, 3.63) is 89.6 Å². The molecule has 196 valence electrons. The average Bonchev–Trinajstić information content (AvgIpc) is 3.30. The standard InChI is InChI=1S/C25H20F4N6O3/c1-14-3-5-15(6-4-14)35-22(13-21(34-35)25(27,28)29)33-24(37)32-19-8-7-16(11-18(19)26)38-17-9-10-31-20(12-17)23(36)30-2/h3-13H,1-2H3,(H,30,36)(H2,32,33,37). The third-order valence-electron chi connectivity index (χ3n) is 5.14. The van der Waals surface area contributed by atoms with E-state index in [0.29, 0.717) is 6.07 Å². The van der Waals surface area contributed by atoms with Crippen LogP contribution >= 0.6 is 0 Å². The Balaban J connectivity index is 1.50. The number of alkyl halides is 3. The van der Waals surface area contributed by atoms with Crippen molar-refractivity contribution < 1.29 is 31.9 Å². The zero-order valence-electron chi connectivity index (χ0n) is 19.9. The predicted octanol–water partition coefficient (Wildman–Crippen LogP) is 5.53. The summed E-state index contributed by atoms with van der Waals surface area (Å²) in [7, 11) is 1.44. The normalized spacial score (nSPS) is 11.1. The van der Waals surface area contributed by atoms with E-state index >= 15 is 0 Å². The number of benzene rings is 2. The lowest BCUT2D eigenvalue weighted by Gasteiger charge is -2.12. The van der Waals surface area contributed by atoms with E-state index in [0.717, 1.165) is 16.3 Å². The summed E-state index contributed by atoms with van der Waals surface area (Å²) in [6, 6.07) is 12.5. The molecule has 2 aromatic heterocycles. The lowest BCUT2D eigenvalue weighted by molar-refractivity contribution is -0.141. The van der Waals surface area contributed by atoms with Crippen LogP contribution in [0, 0.1) is 12.7 Å². The lowest BCUT2D eigenvalue weighted by atomic mass is 10.2. The largest absolute Gasteiger partial charge is 0.457 e. The number of hydrogen-bond donors (Lipinski definition) is 3. The van der Waals surface area contributed by atoms with E-state index < -0.39 is 29.6 Å². The van der Waals surface area contributed by atoms with Crippen LogP contribution in [0.5, 0.6) is 11.5 Å². The smallest absolute Gasteiger partial charge is 0.435 e. The molecule has 3 N–H and O–H groups in total. The number of amides is 3. The van der Waals surface area contributed by atoms with Crippen LogP contribution in [0.15, 0.2) is 66.9 Å². The van der Waals surface area contributed by atoms with Crippen molar-refractivity contribution in [2.24, 2.45) is 0 Å². The molecule has 0 spiro atoms. The van der Waals surface area contributed by atoms with Gasteiger partial charge in [0, 0.05) is 31.4 Å². The first kappa shape index (κ1) is 26.1. The van der Waals surface area contributed by atoms with E-state index in [9.17, 15) is 27.2 Å². The van der Waals surface area contributed by atoms with Crippen molar-refractivity contribution in [1.29, 1.82) is 0 Å². The fourth-order valence-corrected chi connectivity index (χ4v) is 3.29.